The van der Waals surface area contributed by atoms with E-state index in [2.05, 4.69) is 5.32 Å². The van der Waals surface area contributed by atoms with Crippen LogP contribution in [0.15, 0.2) is 18.2 Å². The van der Waals surface area contributed by atoms with E-state index in [0.29, 0.717) is 17.0 Å². The van der Waals surface area contributed by atoms with Gasteiger partial charge in [-0.1, -0.05) is 0 Å². The third-order valence-corrected chi connectivity index (χ3v) is 3.51. The number of benzene rings is 1. The first kappa shape index (κ1) is 17.0. The predicted octanol–water partition coefficient (Wildman–Crippen LogP) is 1.92. The van der Waals surface area contributed by atoms with Crippen LogP contribution in [-0.2, 0) is 9.59 Å². The van der Waals surface area contributed by atoms with Gasteiger partial charge in [0.15, 0.2) is 12.4 Å². The third-order valence-electron chi connectivity index (χ3n) is 3.51. The summed E-state index contributed by atoms with van der Waals surface area (Å²) in [6, 6.07) is 4.19. The molecule has 1 aromatic carbocycles. The minimum atomic E-state index is -0.702. The zero-order chi connectivity index (χ0) is 17.4. The molecule has 0 aliphatic carbocycles. The van der Waals surface area contributed by atoms with Crippen LogP contribution in [0.1, 0.15) is 45.0 Å². The van der Waals surface area contributed by atoms with E-state index < -0.39 is 11.6 Å². The van der Waals surface area contributed by atoms with Gasteiger partial charge in [-0.3, -0.25) is 19.3 Å². The number of nitrogens with one attached hydrogen (secondary N) is 1. The maximum Gasteiger partial charge on any atom is 0.265 e. The average Bonchev–Trinajstić information content (AvgIpc) is 2.44. The largest absolute Gasteiger partial charge is 0.482 e. The lowest BCUT2D eigenvalue weighted by atomic mass is 10.1. The van der Waals surface area contributed by atoms with E-state index in [1.54, 1.807) is 25.1 Å². The van der Waals surface area contributed by atoms with Crippen LogP contribution in [-0.4, -0.2) is 35.8 Å². The van der Waals surface area contributed by atoms with Crippen molar-refractivity contribution in [2.45, 2.75) is 46.2 Å². The molecule has 23 heavy (non-hydrogen) atoms. The maximum absolute atomic E-state index is 12.4. The van der Waals surface area contributed by atoms with Crippen LogP contribution in [0, 0.1) is 0 Å². The molecule has 1 aromatic rings. The summed E-state index contributed by atoms with van der Waals surface area (Å²) in [4.78, 5) is 37.7. The quantitative estimate of drug-likeness (QED) is 0.864. The Labute approximate surface area is 135 Å². The number of carbonyl (C=O) groups excluding carboxylic acids is 3. The first-order chi connectivity index (χ1) is 10.6. The molecule has 0 fully saturated rings. The average molecular weight is 318 g/mol. The van der Waals surface area contributed by atoms with Gasteiger partial charge in [0.1, 0.15) is 11.8 Å². The molecule has 2 amide bonds. The van der Waals surface area contributed by atoms with E-state index >= 15 is 0 Å². The SMILES string of the molecule is CC(=O)c1ccc2c(c1)N(C(C)C(=O)NC(C)(C)C)C(=O)CO2. The van der Waals surface area contributed by atoms with E-state index in [4.69, 9.17) is 4.74 Å². The predicted molar refractivity (Wildman–Crippen MR) is 86.8 cm³/mol. The Morgan fingerprint density at radius 1 is 1.30 bits per heavy atom. The number of Topliss-reactive ketones (excluding diaryl/α,β-unsaturated/α-hetero) is 1. The minimum absolute atomic E-state index is 0.113. The summed E-state index contributed by atoms with van der Waals surface area (Å²) in [5.74, 6) is -0.190. The number of nitrogens with zero attached hydrogens (tertiary/aromatic N) is 1. The van der Waals surface area contributed by atoms with Crippen molar-refractivity contribution in [3.05, 3.63) is 23.8 Å². The molecule has 2 rings (SSSR count). The molecule has 0 saturated carbocycles. The van der Waals surface area contributed by atoms with Crippen molar-refractivity contribution in [1.82, 2.24) is 5.32 Å². The van der Waals surface area contributed by atoms with Gasteiger partial charge < -0.3 is 10.1 Å². The van der Waals surface area contributed by atoms with Crippen molar-refractivity contribution in [3.63, 3.8) is 0 Å². The zero-order valence-corrected chi connectivity index (χ0v) is 14.1. The van der Waals surface area contributed by atoms with Crippen molar-refractivity contribution in [1.29, 1.82) is 0 Å². The number of amides is 2. The lowest BCUT2D eigenvalue weighted by molar-refractivity contribution is -0.128. The Hall–Kier alpha value is -2.37. The monoisotopic (exact) mass is 318 g/mol. The smallest absolute Gasteiger partial charge is 0.265 e. The summed E-state index contributed by atoms with van der Waals surface area (Å²) >= 11 is 0. The van der Waals surface area contributed by atoms with E-state index in [-0.39, 0.29) is 24.2 Å². The van der Waals surface area contributed by atoms with Crippen molar-refractivity contribution >= 4 is 23.3 Å². The van der Waals surface area contributed by atoms with Gasteiger partial charge in [0, 0.05) is 11.1 Å². The Kier molecular flexibility index (Phi) is 4.45. The summed E-state index contributed by atoms with van der Waals surface area (Å²) in [6.07, 6.45) is 0. The topological polar surface area (TPSA) is 75.7 Å². The van der Waals surface area contributed by atoms with E-state index in [1.807, 2.05) is 20.8 Å². The molecule has 1 unspecified atom stereocenters. The van der Waals surface area contributed by atoms with E-state index in [1.165, 1.54) is 11.8 Å². The summed E-state index contributed by atoms with van der Waals surface area (Å²) in [6.45, 7) is 8.61. The van der Waals surface area contributed by atoms with Crippen LogP contribution >= 0.6 is 0 Å². The summed E-state index contributed by atoms with van der Waals surface area (Å²) < 4.78 is 5.40. The minimum Gasteiger partial charge on any atom is -0.482 e. The van der Waals surface area contributed by atoms with Gasteiger partial charge in [-0.25, -0.2) is 0 Å². The lowest BCUT2D eigenvalue weighted by Gasteiger charge is -2.35. The van der Waals surface area contributed by atoms with Crippen LogP contribution in [0.5, 0.6) is 5.75 Å². The van der Waals surface area contributed by atoms with Gasteiger partial charge in [0.2, 0.25) is 5.91 Å². The van der Waals surface area contributed by atoms with Crippen molar-refractivity contribution in [2.24, 2.45) is 0 Å². The molecule has 1 atom stereocenters. The molecule has 1 heterocycles. The first-order valence-corrected chi connectivity index (χ1v) is 7.52. The van der Waals surface area contributed by atoms with Gasteiger partial charge in [0.05, 0.1) is 5.69 Å². The van der Waals surface area contributed by atoms with Crippen molar-refractivity contribution in [2.75, 3.05) is 11.5 Å². The molecule has 6 heteroatoms. The van der Waals surface area contributed by atoms with Gasteiger partial charge in [-0.05, 0) is 52.8 Å². The molecule has 6 nitrogen and oxygen atoms in total. The zero-order valence-electron chi connectivity index (χ0n) is 14.1. The normalized spacial score (nSPS) is 15.5. The molecule has 0 bridgehead atoms. The molecule has 1 aliphatic rings. The lowest BCUT2D eigenvalue weighted by Crippen LogP contribution is -2.54. The molecule has 124 valence electrons. The van der Waals surface area contributed by atoms with Crippen LogP contribution in [0.3, 0.4) is 0 Å². The Bertz CT molecular complexity index is 661. The van der Waals surface area contributed by atoms with E-state index in [0.717, 1.165) is 0 Å². The number of anilines is 1. The molecule has 1 N–H and O–H groups in total. The van der Waals surface area contributed by atoms with Gasteiger partial charge in [0.25, 0.3) is 5.91 Å². The second-order valence-electron chi connectivity index (χ2n) is 6.71. The molecule has 0 radical (unpaired) electrons. The van der Waals surface area contributed by atoms with Crippen LogP contribution < -0.4 is 15.0 Å². The highest BCUT2D eigenvalue weighted by molar-refractivity contribution is 6.05. The van der Waals surface area contributed by atoms with Gasteiger partial charge in [-0.15, -0.1) is 0 Å². The Balaban J connectivity index is 2.39. The standard InChI is InChI=1S/C17H22N2O4/c1-10(16(22)18-17(3,4)5)19-13-8-12(11(2)20)6-7-14(13)23-9-15(19)21/h6-8,10H,9H2,1-5H3,(H,18,22). The Morgan fingerprint density at radius 3 is 2.52 bits per heavy atom. The number of ketones is 1. The second-order valence-corrected chi connectivity index (χ2v) is 6.71. The maximum atomic E-state index is 12.4. The number of hydrogen-bond acceptors (Lipinski definition) is 4. The Morgan fingerprint density at radius 2 is 1.96 bits per heavy atom. The van der Waals surface area contributed by atoms with Gasteiger partial charge in [-0.2, -0.15) is 0 Å². The number of rotatable bonds is 3. The fourth-order valence-electron chi connectivity index (χ4n) is 2.41. The summed E-state index contributed by atoms with van der Waals surface area (Å²) in [5, 5.41) is 2.86. The fraction of sp³-hybridized carbons (Fsp3) is 0.471. The fourth-order valence-corrected chi connectivity index (χ4v) is 2.41. The number of carbonyl (C=O) groups is 3. The molecular weight excluding hydrogens is 296 g/mol. The van der Waals surface area contributed by atoms with Crippen LogP contribution in [0.4, 0.5) is 5.69 Å². The number of hydrogen-bond donors (Lipinski definition) is 1. The summed E-state index contributed by atoms with van der Waals surface area (Å²) in [7, 11) is 0. The molecule has 0 aromatic heterocycles. The van der Waals surface area contributed by atoms with Gasteiger partial charge >= 0.3 is 0 Å². The highest BCUT2D eigenvalue weighted by atomic mass is 16.5. The third kappa shape index (κ3) is 3.70. The van der Waals surface area contributed by atoms with Crippen LogP contribution in [0.25, 0.3) is 0 Å². The van der Waals surface area contributed by atoms with Crippen molar-refractivity contribution in [3.8, 4) is 5.75 Å². The highest BCUT2D eigenvalue weighted by Gasteiger charge is 2.34. The van der Waals surface area contributed by atoms with Crippen LogP contribution in [0.2, 0.25) is 0 Å². The molecule has 0 spiro atoms. The van der Waals surface area contributed by atoms with Crippen molar-refractivity contribution < 1.29 is 19.1 Å². The number of ether oxygens (including phenoxy) is 1. The molecule has 1 aliphatic heterocycles. The first-order valence-electron chi connectivity index (χ1n) is 7.52. The number of fused-ring (bicyclic) bond motifs is 1. The molecular formula is C17H22N2O4. The molecule has 0 saturated heterocycles. The second kappa shape index (κ2) is 6.02. The highest BCUT2D eigenvalue weighted by Crippen LogP contribution is 2.34. The van der Waals surface area contributed by atoms with E-state index in [9.17, 15) is 14.4 Å². The summed E-state index contributed by atoms with van der Waals surface area (Å²) in [5.41, 5.74) is 0.520.